The molecule has 0 saturated carbocycles. The average molecular weight is 330 g/mol. The van der Waals surface area contributed by atoms with Crippen LogP contribution in [0.2, 0.25) is 5.15 Å². The van der Waals surface area contributed by atoms with Crippen LogP contribution in [0.25, 0.3) is 10.9 Å². The second-order valence-corrected chi connectivity index (χ2v) is 6.44. The van der Waals surface area contributed by atoms with E-state index in [9.17, 15) is 0 Å². The van der Waals surface area contributed by atoms with Crippen molar-refractivity contribution in [2.45, 2.75) is 20.8 Å². The first-order valence-electron chi connectivity index (χ1n) is 5.57. The molecule has 2 heterocycles. The van der Waals surface area contributed by atoms with Gasteiger partial charge in [-0.1, -0.05) is 32.4 Å². The van der Waals surface area contributed by atoms with Gasteiger partial charge in [-0.25, -0.2) is 15.0 Å². The maximum Gasteiger partial charge on any atom is 0.156 e. The topological polar surface area (TPSA) is 50.7 Å². The van der Waals surface area contributed by atoms with E-state index < -0.39 is 0 Å². The van der Waals surface area contributed by atoms with Crippen molar-refractivity contribution in [2.75, 3.05) is 11.9 Å². The minimum absolute atomic E-state index is 0.172. The van der Waals surface area contributed by atoms with Crippen molar-refractivity contribution in [1.29, 1.82) is 0 Å². The number of aromatic nitrogens is 3. The minimum Gasteiger partial charge on any atom is -0.369 e. The number of nitrogens with one attached hydrogen (secondary N) is 1. The fraction of sp³-hybridized carbons (Fsp3) is 0.417. The highest BCUT2D eigenvalue weighted by molar-refractivity contribution is 9.10. The third-order valence-corrected chi connectivity index (χ3v) is 3.00. The predicted molar refractivity (Wildman–Crippen MR) is 78.0 cm³/mol. The SMILES string of the molecule is CC(C)(C)CNc1ncnc2c(Cl)nc(Br)cc12. The summed E-state index contributed by atoms with van der Waals surface area (Å²) in [5, 5.41) is 4.57. The number of hydrogen-bond acceptors (Lipinski definition) is 4. The van der Waals surface area contributed by atoms with E-state index in [4.69, 9.17) is 11.6 Å². The van der Waals surface area contributed by atoms with Crippen LogP contribution >= 0.6 is 27.5 Å². The van der Waals surface area contributed by atoms with Crippen molar-refractivity contribution in [2.24, 2.45) is 5.41 Å². The van der Waals surface area contributed by atoms with E-state index in [1.165, 1.54) is 6.33 Å². The highest BCUT2D eigenvalue weighted by Gasteiger charge is 2.13. The van der Waals surface area contributed by atoms with E-state index in [0.29, 0.717) is 15.3 Å². The number of halogens is 2. The average Bonchev–Trinajstić information content (AvgIpc) is 2.25. The minimum atomic E-state index is 0.172. The predicted octanol–water partition coefficient (Wildman–Crippen LogP) is 3.90. The Labute approximate surface area is 119 Å². The number of hydrogen-bond donors (Lipinski definition) is 1. The summed E-state index contributed by atoms with van der Waals surface area (Å²) in [6, 6.07) is 1.87. The van der Waals surface area contributed by atoms with Crippen LogP contribution in [0.1, 0.15) is 20.8 Å². The Morgan fingerprint density at radius 2 is 2.06 bits per heavy atom. The molecule has 2 aromatic heterocycles. The van der Waals surface area contributed by atoms with Crippen LogP contribution in [-0.4, -0.2) is 21.5 Å². The monoisotopic (exact) mass is 328 g/mol. The molecular weight excluding hydrogens is 316 g/mol. The molecule has 0 aliphatic rings. The normalized spacial score (nSPS) is 11.8. The lowest BCUT2D eigenvalue weighted by atomic mass is 9.97. The van der Waals surface area contributed by atoms with Crippen LogP contribution in [0.15, 0.2) is 17.0 Å². The number of fused-ring (bicyclic) bond motifs is 1. The van der Waals surface area contributed by atoms with Gasteiger partial charge in [0.15, 0.2) is 5.15 Å². The fourth-order valence-corrected chi connectivity index (χ4v) is 2.23. The lowest BCUT2D eigenvalue weighted by Crippen LogP contribution is -2.19. The second-order valence-electron chi connectivity index (χ2n) is 5.27. The molecule has 0 aliphatic heterocycles. The van der Waals surface area contributed by atoms with Crippen molar-refractivity contribution in [3.05, 3.63) is 22.1 Å². The summed E-state index contributed by atoms with van der Waals surface area (Å²) in [4.78, 5) is 12.5. The maximum atomic E-state index is 6.07. The first-order valence-corrected chi connectivity index (χ1v) is 6.74. The summed E-state index contributed by atoms with van der Waals surface area (Å²) in [5.74, 6) is 0.778. The Morgan fingerprint density at radius 1 is 1.33 bits per heavy atom. The molecule has 18 heavy (non-hydrogen) atoms. The summed E-state index contributed by atoms with van der Waals surface area (Å²) in [5.41, 5.74) is 0.831. The number of rotatable bonds is 2. The molecule has 0 unspecified atom stereocenters. The summed E-state index contributed by atoms with van der Waals surface area (Å²) >= 11 is 9.39. The molecular formula is C12H14BrClN4. The Balaban J connectivity index is 2.45. The van der Waals surface area contributed by atoms with E-state index in [2.05, 4.69) is 57.0 Å². The highest BCUT2D eigenvalue weighted by atomic mass is 79.9. The van der Waals surface area contributed by atoms with Gasteiger partial charge in [-0.15, -0.1) is 0 Å². The van der Waals surface area contributed by atoms with Crippen LogP contribution in [0.4, 0.5) is 5.82 Å². The zero-order valence-corrected chi connectivity index (χ0v) is 12.8. The molecule has 2 aromatic rings. The smallest absolute Gasteiger partial charge is 0.156 e. The second kappa shape index (κ2) is 4.97. The fourth-order valence-electron chi connectivity index (χ4n) is 1.48. The van der Waals surface area contributed by atoms with Gasteiger partial charge in [-0.2, -0.15) is 0 Å². The molecule has 0 spiro atoms. The van der Waals surface area contributed by atoms with Crippen molar-refractivity contribution in [3.63, 3.8) is 0 Å². The molecule has 0 aliphatic carbocycles. The highest BCUT2D eigenvalue weighted by Crippen LogP contribution is 2.27. The first-order chi connectivity index (χ1) is 8.37. The molecule has 0 amide bonds. The van der Waals surface area contributed by atoms with Gasteiger partial charge in [0.25, 0.3) is 0 Å². The van der Waals surface area contributed by atoms with Gasteiger partial charge in [0.05, 0.1) is 0 Å². The van der Waals surface area contributed by atoms with Gasteiger partial charge in [0.1, 0.15) is 22.3 Å². The third kappa shape index (κ3) is 3.09. The summed E-state index contributed by atoms with van der Waals surface area (Å²) < 4.78 is 0.675. The lowest BCUT2D eigenvalue weighted by molar-refractivity contribution is 0.442. The van der Waals surface area contributed by atoms with Crippen LogP contribution in [0, 0.1) is 5.41 Å². The van der Waals surface area contributed by atoms with Crippen LogP contribution in [0.5, 0.6) is 0 Å². The van der Waals surface area contributed by atoms with Crippen molar-refractivity contribution >= 4 is 44.3 Å². The Hall–Kier alpha value is -0.940. The van der Waals surface area contributed by atoms with Gasteiger partial charge >= 0.3 is 0 Å². The molecule has 0 radical (unpaired) electrons. The van der Waals surface area contributed by atoms with Gasteiger partial charge in [-0.05, 0) is 27.4 Å². The Morgan fingerprint density at radius 3 is 2.72 bits per heavy atom. The molecule has 6 heteroatoms. The summed E-state index contributed by atoms with van der Waals surface area (Å²) in [7, 11) is 0. The molecule has 0 bridgehead atoms. The van der Waals surface area contributed by atoms with Crippen molar-refractivity contribution < 1.29 is 0 Å². The summed E-state index contributed by atoms with van der Waals surface area (Å²) in [6.45, 7) is 7.30. The van der Waals surface area contributed by atoms with Gasteiger partial charge < -0.3 is 5.32 Å². The molecule has 4 nitrogen and oxygen atoms in total. The molecule has 0 saturated heterocycles. The standard InChI is InChI=1S/C12H14BrClN4/c1-12(2,3)5-15-11-7-4-8(13)18-10(14)9(7)16-6-17-11/h4,6H,5H2,1-3H3,(H,15,16,17). The van der Waals surface area contributed by atoms with Crippen molar-refractivity contribution in [3.8, 4) is 0 Å². The third-order valence-electron chi connectivity index (χ3n) is 2.33. The van der Waals surface area contributed by atoms with Crippen molar-refractivity contribution in [1.82, 2.24) is 15.0 Å². The van der Waals surface area contributed by atoms with E-state index in [-0.39, 0.29) is 5.41 Å². The number of nitrogens with zero attached hydrogens (tertiary/aromatic N) is 3. The molecule has 1 N–H and O–H groups in total. The number of anilines is 1. The summed E-state index contributed by atoms with van der Waals surface area (Å²) in [6.07, 6.45) is 1.49. The van der Waals surface area contributed by atoms with E-state index in [1.807, 2.05) is 6.07 Å². The van der Waals surface area contributed by atoms with Gasteiger partial charge in [0.2, 0.25) is 0 Å². The molecule has 96 valence electrons. The van der Waals surface area contributed by atoms with E-state index in [1.54, 1.807) is 0 Å². The molecule has 2 rings (SSSR count). The first kappa shape index (κ1) is 13.5. The quantitative estimate of drug-likeness (QED) is 0.849. The molecule has 0 aromatic carbocycles. The zero-order valence-electron chi connectivity index (χ0n) is 10.5. The van der Waals surface area contributed by atoms with Crippen LogP contribution in [0.3, 0.4) is 0 Å². The Kier molecular flexibility index (Phi) is 3.73. The van der Waals surface area contributed by atoms with E-state index >= 15 is 0 Å². The molecule has 0 atom stereocenters. The van der Waals surface area contributed by atoms with Gasteiger partial charge in [-0.3, -0.25) is 0 Å². The Bertz CT molecular complexity index is 580. The van der Waals surface area contributed by atoms with Crippen LogP contribution < -0.4 is 5.32 Å². The lowest BCUT2D eigenvalue weighted by Gasteiger charge is -2.19. The molecule has 0 fully saturated rings. The largest absolute Gasteiger partial charge is 0.369 e. The maximum absolute atomic E-state index is 6.07. The van der Waals surface area contributed by atoms with E-state index in [0.717, 1.165) is 17.7 Å². The van der Waals surface area contributed by atoms with Crippen LogP contribution in [-0.2, 0) is 0 Å². The van der Waals surface area contributed by atoms with Gasteiger partial charge in [0, 0.05) is 11.9 Å². The zero-order chi connectivity index (χ0) is 13.3. The number of pyridine rings is 1.